The summed E-state index contributed by atoms with van der Waals surface area (Å²) in [6, 6.07) is 2.58. The number of carbonyl (C=O) groups is 1. The second-order valence-electron chi connectivity index (χ2n) is 8.25. The highest BCUT2D eigenvalue weighted by atomic mass is 31.2. The number of anilines is 1. The van der Waals surface area contributed by atoms with E-state index in [-0.39, 0.29) is 18.7 Å². The van der Waals surface area contributed by atoms with Crippen molar-refractivity contribution in [1.82, 2.24) is 4.57 Å². The predicted octanol–water partition coefficient (Wildman–Crippen LogP) is 2.53. The van der Waals surface area contributed by atoms with Gasteiger partial charge in [-0.3, -0.25) is 23.2 Å². The number of nitrogens with two attached hydrogens (primary N) is 1. The van der Waals surface area contributed by atoms with Gasteiger partial charge in [0.15, 0.2) is 12.4 Å². The number of esters is 1. The van der Waals surface area contributed by atoms with Gasteiger partial charge in [-0.05, 0) is 33.3 Å². The number of halogens is 1. The molecule has 0 bridgehead atoms. The van der Waals surface area contributed by atoms with E-state index < -0.39 is 55.7 Å². The summed E-state index contributed by atoms with van der Waals surface area (Å²) in [5.41, 5.74) is 3.20. The number of nitrogen functional groups attached to an aromatic ring is 1. The molecule has 5 atom stereocenters. The topological polar surface area (TPSA) is 128 Å². The zero-order valence-corrected chi connectivity index (χ0v) is 18.1. The van der Waals surface area contributed by atoms with Gasteiger partial charge in [-0.25, -0.2) is 13.5 Å². The maximum Gasteiger partial charge on any atom is 0.478 e. The van der Waals surface area contributed by atoms with E-state index in [2.05, 4.69) is 0 Å². The van der Waals surface area contributed by atoms with Gasteiger partial charge in [0.1, 0.15) is 11.7 Å². The number of alkyl halides is 1. The van der Waals surface area contributed by atoms with Gasteiger partial charge in [0.2, 0.25) is 6.79 Å². The van der Waals surface area contributed by atoms with Crippen molar-refractivity contribution in [3.63, 3.8) is 0 Å². The van der Waals surface area contributed by atoms with Gasteiger partial charge in [0, 0.05) is 18.0 Å². The fourth-order valence-electron chi connectivity index (χ4n) is 3.18. The average Bonchev–Trinajstić information content (AvgIpc) is 2.94. The molecule has 0 aromatic carbocycles. The van der Waals surface area contributed by atoms with Crippen LogP contribution in [0.25, 0.3) is 0 Å². The van der Waals surface area contributed by atoms with Crippen molar-refractivity contribution in [2.24, 2.45) is 5.41 Å². The highest BCUT2D eigenvalue weighted by molar-refractivity contribution is 7.48. The van der Waals surface area contributed by atoms with E-state index in [4.69, 9.17) is 28.8 Å². The molecule has 2 aliphatic rings. The van der Waals surface area contributed by atoms with Crippen LogP contribution in [0.3, 0.4) is 0 Å². The van der Waals surface area contributed by atoms with Crippen LogP contribution in [0.15, 0.2) is 23.1 Å². The van der Waals surface area contributed by atoms with Crippen LogP contribution in [0.4, 0.5) is 10.1 Å². The summed E-state index contributed by atoms with van der Waals surface area (Å²) in [6.07, 6.45) is -2.91. The Bertz CT molecular complexity index is 916. The molecule has 2 aliphatic heterocycles. The molecule has 1 aromatic rings. The van der Waals surface area contributed by atoms with Crippen molar-refractivity contribution >= 4 is 19.5 Å². The minimum absolute atomic E-state index is 0.231. The number of aromatic nitrogens is 1. The lowest BCUT2D eigenvalue weighted by Gasteiger charge is -2.39. The molecule has 10 nitrogen and oxygen atoms in total. The molecule has 0 amide bonds. The molecule has 1 aromatic heterocycles. The summed E-state index contributed by atoms with van der Waals surface area (Å²) >= 11 is 0. The van der Waals surface area contributed by atoms with Gasteiger partial charge in [0.05, 0.1) is 12.0 Å². The van der Waals surface area contributed by atoms with Crippen LogP contribution in [0, 0.1) is 5.41 Å². The lowest BCUT2D eigenvalue weighted by molar-refractivity contribution is -0.167. The van der Waals surface area contributed by atoms with Crippen molar-refractivity contribution in [2.45, 2.75) is 58.2 Å². The van der Waals surface area contributed by atoms with Crippen LogP contribution in [-0.2, 0) is 32.4 Å². The van der Waals surface area contributed by atoms with Crippen molar-refractivity contribution in [3.05, 3.63) is 28.7 Å². The number of hydrogen-bond donors (Lipinski definition) is 1. The summed E-state index contributed by atoms with van der Waals surface area (Å²) in [7, 11) is -4.23. The second kappa shape index (κ2) is 8.05. The summed E-state index contributed by atoms with van der Waals surface area (Å²) in [6.45, 7) is 5.68. The van der Waals surface area contributed by atoms with E-state index in [9.17, 15) is 14.2 Å². The van der Waals surface area contributed by atoms with Crippen molar-refractivity contribution in [2.75, 3.05) is 19.1 Å². The standard InChI is InChI=1S/C18H26FN2O8P/c1-5-18-9-26-30(24,27-10-25-16(23)17(2,3)4)29-14(18)13(19)15(28-18)21-7-6-11(20)8-12(21)22/h6-8,13-15H,5,9-10,20H2,1-4H3/t13-,14+,15-,18-,30?/m1/s1. The first-order valence-corrected chi connectivity index (χ1v) is 10.9. The molecular formula is C18H26FN2O8P. The molecule has 3 heterocycles. The fourth-order valence-corrected chi connectivity index (χ4v) is 4.52. The Hall–Kier alpha value is -1.78. The quantitative estimate of drug-likeness (QED) is 0.410. The van der Waals surface area contributed by atoms with Crippen LogP contribution in [0.1, 0.15) is 40.3 Å². The summed E-state index contributed by atoms with van der Waals surface area (Å²) in [5, 5.41) is 0. The first kappa shape index (κ1) is 22.9. The third kappa shape index (κ3) is 4.31. The van der Waals surface area contributed by atoms with Crippen molar-refractivity contribution in [1.29, 1.82) is 0 Å². The third-order valence-corrected chi connectivity index (χ3v) is 6.36. The number of phosphoric acid groups is 1. The summed E-state index contributed by atoms with van der Waals surface area (Å²) < 4.78 is 55.5. The number of rotatable bonds is 5. The first-order chi connectivity index (χ1) is 13.9. The minimum Gasteiger partial charge on any atom is -0.437 e. The molecule has 168 valence electrons. The van der Waals surface area contributed by atoms with Gasteiger partial charge in [-0.2, -0.15) is 0 Å². The van der Waals surface area contributed by atoms with Gasteiger partial charge < -0.3 is 15.2 Å². The Morgan fingerprint density at radius 3 is 2.77 bits per heavy atom. The molecule has 3 rings (SSSR count). The normalized spacial score (nSPS) is 33.8. The molecule has 2 fully saturated rings. The molecule has 0 aliphatic carbocycles. The maximum absolute atomic E-state index is 15.3. The molecule has 1 unspecified atom stereocenters. The van der Waals surface area contributed by atoms with E-state index >= 15 is 4.39 Å². The average molecular weight is 448 g/mol. The van der Waals surface area contributed by atoms with Crippen LogP contribution in [0.5, 0.6) is 0 Å². The number of carbonyl (C=O) groups excluding carboxylic acids is 1. The zero-order chi connectivity index (χ0) is 22.3. The minimum atomic E-state index is -4.23. The number of pyridine rings is 1. The second-order valence-corrected chi connectivity index (χ2v) is 9.87. The number of phosphoric ester groups is 1. The van der Waals surface area contributed by atoms with Crippen LogP contribution in [-0.4, -0.2) is 41.8 Å². The molecule has 12 heteroatoms. The maximum atomic E-state index is 15.3. The Balaban J connectivity index is 1.75. The molecule has 2 N–H and O–H groups in total. The SMILES string of the molecule is CC[C@@]12COP(=O)(OCOC(=O)C(C)(C)C)O[C@H]1[C@@H](F)[C@H](n1ccc(N)cc1=O)O2. The van der Waals surface area contributed by atoms with E-state index in [1.165, 1.54) is 12.3 Å². The first-order valence-electron chi connectivity index (χ1n) is 9.45. The molecule has 0 radical (unpaired) electrons. The molecule has 30 heavy (non-hydrogen) atoms. The number of hydrogen-bond acceptors (Lipinski definition) is 9. The van der Waals surface area contributed by atoms with Crippen LogP contribution < -0.4 is 11.3 Å². The van der Waals surface area contributed by atoms with Crippen LogP contribution >= 0.6 is 7.82 Å². The molecular weight excluding hydrogens is 422 g/mol. The fraction of sp³-hybridized carbons (Fsp3) is 0.667. The highest BCUT2D eigenvalue weighted by Gasteiger charge is 2.62. The predicted molar refractivity (Wildman–Crippen MR) is 103 cm³/mol. The number of nitrogens with zero attached hydrogens (tertiary/aromatic N) is 1. The van der Waals surface area contributed by atoms with Gasteiger partial charge in [-0.1, -0.05) is 6.92 Å². The van der Waals surface area contributed by atoms with E-state index in [1.807, 2.05) is 0 Å². The summed E-state index contributed by atoms with van der Waals surface area (Å²) in [4.78, 5) is 24.0. The lowest BCUT2D eigenvalue weighted by atomic mass is 9.94. The Morgan fingerprint density at radius 1 is 1.47 bits per heavy atom. The Labute approximate surface area is 173 Å². The Kier molecular flexibility index (Phi) is 6.14. The highest BCUT2D eigenvalue weighted by Crippen LogP contribution is 2.60. The van der Waals surface area contributed by atoms with Crippen molar-refractivity contribution < 1.29 is 36.8 Å². The van der Waals surface area contributed by atoms with Gasteiger partial charge in [0.25, 0.3) is 5.56 Å². The van der Waals surface area contributed by atoms with Gasteiger partial charge in [-0.15, -0.1) is 0 Å². The summed E-state index contributed by atoms with van der Waals surface area (Å²) in [5.74, 6) is -0.579. The van der Waals surface area contributed by atoms with E-state index in [1.54, 1.807) is 27.7 Å². The Morgan fingerprint density at radius 2 is 2.17 bits per heavy atom. The van der Waals surface area contributed by atoms with Gasteiger partial charge >= 0.3 is 13.8 Å². The molecule has 0 spiro atoms. The number of fused-ring (bicyclic) bond motifs is 1. The van der Waals surface area contributed by atoms with E-state index in [0.29, 0.717) is 0 Å². The molecule has 0 saturated carbocycles. The zero-order valence-electron chi connectivity index (χ0n) is 17.2. The molecule has 2 saturated heterocycles. The smallest absolute Gasteiger partial charge is 0.437 e. The third-order valence-electron chi connectivity index (χ3n) is 5.00. The van der Waals surface area contributed by atoms with Crippen LogP contribution in [0.2, 0.25) is 0 Å². The largest absolute Gasteiger partial charge is 0.478 e. The number of ether oxygens (including phenoxy) is 2. The lowest BCUT2D eigenvalue weighted by Crippen LogP contribution is -2.49. The van der Waals surface area contributed by atoms with E-state index in [0.717, 1.165) is 10.6 Å². The van der Waals surface area contributed by atoms with Crippen molar-refractivity contribution in [3.8, 4) is 0 Å². The monoisotopic (exact) mass is 448 g/mol.